The molecular weight excluding hydrogens is 282 g/mol. The number of benzene rings is 1. The Balaban J connectivity index is 1.91. The van der Waals surface area contributed by atoms with Gasteiger partial charge in [0.1, 0.15) is 5.82 Å². The third-order valence-corrected chi connectivity index (χ3v) is 5.49. The van der Waals surface area contributed by atoms with Crippen molar-refractivity contribution in [2.75, 3.05) is 0 Å². The lowest BCUT2D eigenvalue weighted by atomic mass is 9.81. The second kappa shape index (κ2) is 6.00. The number of imidazole rings is 1. The standard InChI is InChI=1S/C20H27N3/c1-14-6-5-7-15(10-14)11-19-22-17-9-8-16(20(2,3)13-21)12-18(17)23(19)4/h8-9,12,14-15H,5-7,10-11H2,1-4H3. The second-order valence-corrected chi connectivity index (χ2v) is 7.87. The zero-order valence-electron chi connectivity index (χ0n) is 14.8. The lowest BCUT2D eigenvalue weighted by Gasteiger charge is -2.26. The van der Waals surface area contributed by atoms with Gasteiger partial charge in [0.05, 0.1) is 22.5 Å². The quantitative estimate of drug-likeness (QED) is 0.821. The van der Waals surface area contributed by atoms with Gasteiger partial charge in [0.2, 0.25) is 0 Å². The minimum atomic E-state index is -0.461. The van der Waals surface area contributed by atoms with E-state index in [1.54, 1.807) is 0 Å². The Bertz CT molecular complexity index is 748. The molecule has 1 aliphatic rings. The summed E-state index contributed by atoms with van der Waals surface area (Å²) in [4.78, 5) is 4.86. The van der Waals surface area contributed by atoms with Gasteiger partial charge in [-0.2, -0.15) is 5.26 Å². The van der Waals surface area contributed by atoms with Crippen LogP contribution in [0.2, 0.25) is 0 Å². The summed E-state index contributed by atoms with van der Waals surface area (Å²) in [5.41, 5.74) is 2.79. The number of nitrogens with zero attached hydrogens (tertiary/aromatic N) is 3. The van der Waals surface area contributed by atoms with Crippen LogP contribution in [0.15, 0.2) is 18.2 Å². The van der Waals surface area contributed by atoms with Gasteiger partial charge in [0.15, 0.2) is 0 Å². The zero-order chi connectivity index (χ0) is 16.6. The van der Waals surface area contributed by atoms with Crippen LogP contribution in [0.5, 0.6) is 0 Å². The van der Waals surface area contributed by atoms with E-state index in [0.717, 1.165) is 34.9 Å². The van der Waals surface area contributed by atoms with E-state index in [2.05, 4.69) is 36.7 Å². The maximum Gasteiger partial charge on any atom is 0.109 e. The summed E-state index contributed by atoms with van der Waals surface area (Å²) >= 11 is 0. The van der Waals surface area contributed by atoms with Crippen LogP contribution < -0.4 is 0 Å². The smallest absolute Gasteiger partial charge is 0.109 e. The number of fused-ring (bicyclic) bond motifs is 1. The van der Waals surface area contributed by atoms with E-state index in [4.69, 9.17) is 4.98 Å². The van der Waals surface area contributed by atoms with Crippen LogP contribution >= 0.6 is 0 Å². The third kappa shape index (κ3) is 3.13. The topological polar surface area (TPSA) is 41.6 Å². The van der Waals surface area contributed by atoms with E-state index in [0.29, 0.717) is 0 Å². The minimum absolute atomic E-state index is 0.461. The number of hydrogen-bond acceptors (Lipinski definition) is 2. The second-order valence-electron chi connectivity index (χ2n) is 7.87. The Hall–Kier alpha value is -1.82. The summed E-state index contributed by atoms with van der Waals surface area (Å²) in [6.07, 6.45) is 6.48. The highest BCUT2D eigenvalue weighted by molar-refractivity contribution is 5.77. The molecule has 23 heavy (non-hydrogen) atoms. The molecule has 3 nitrogen and oxygen atoms in total. The van der Waals surface area contributed by atoms with Gasteiger partial charge >= 0.3 is 0 Å². The first-order valence-corrected chi connectivity index (χ1v) is 8.78. The van der Waals surface area contributed by atoms with Gasteiger partial charge in [0, 0.05) is 13.5 Å². The minimum Gasteiger partial charge on any atom is -0.331 e. The highest BCUT2D eigenvalue weighted by atomic mass is 15.1. The fourth-order valence-electron chi connectivity index (χ4n) is 3.88. The number of rotatable bonds is 3. The average Bonchev–Trinajstić information content (AvgIpc) is 2.83. The van der Waals surface area contributed by atoms with Gasteiger partial charge in [0.25, 0.3) is 0 Å². The van der Waals surface area contributed by atoms with Gasteiger partial charge < -0.3 is 4.57 Å². The predicted octanol–water partition coefficient (Wildman–Crippen LogP) is 4.74. The molecule has 2 atom stereocenters. The fraction of sp³-hybridized carbons (Fsp3) is 0.600. The van der Waals surface area contributed by atoms with Crippen LogP contribution in [-0.2, 0) is 18.9 Å². The first-order chi connectivity index (χ1) is 10.9. The molecule has 1 saturated carbocycles. The van der Waals surface area contributed by atoms with E-state index in [1.165, 1.54) is 31.5 Å². The summed E-state index contributed by atoms with van der Waals surface area (Å²) in [6.45, 7) is 6.31. The first kappa shape index (κ1) is 16.1. The van der Waals surface area contributed by atoms with Crippen molar-refractivity contribution in [2.45, 2.75) is 58.3 Å². The molecule has 0 amide bonds. The van der Waals surface area contributed by atoms with E-state index in [-0.39, 0.29) is 0 Å². The Morgan fingerprint density at radius 3 is 2.83 bits per heavy atom. The lowest BCUT2D eigenvalue weighted by molar-refractivity contribution is 0.277. The molecule has 0 N–H and O–H groups in total. The van der Waals surface area contributed by atoms with Gasteiger partial charge in [-0.25, -0.2) is 4.98 Å². The van der Waals surface area contributed by atoms with Crippen molar-refractivity contribution in [2.24, 2.45) is 18.9 Å². The molecule has 0 spiro atoms. The molecule has 122 valence electrons. The summed E-state index contributed by atoms with van der Waals surface area (Å²) in [5, 5.41) is 9.36. The van der Waals surface area contributed by atoms with Crippen molar-refractivity contribution in [1.29, 1.82) is 5.26 Å². The third-order valence-electron chi connectivity index (χ3n) is 5.49. The molecule has 0 radical (unpaired) electrons. The fourth-order valence-corrected chi connectivity index (χ4v) is 3.88. The highest BCUT2D eigenvalue weighted by Crippen LogP contribution is 2.32. The van der Waals surface area contributed by atoms with Gasteiger partial charge in [-0.1, -0.05) is 25.8 Å². The molecule has 0 bridgehead atoms. The Labute approximate surface area is 139 Å². The highest BCUT2D eigenvalue weighted by Gasteiger charge is 2.23. The van der Waals surface area contributed by atoms with Crippen LogP contribution in [0, 0.1) is 23.2 Å². The Morgan fingerprint density at radius 2 is 2.13 bits per heavy atom. The summed E-state index contributed by atoms with van der Waals surface area (Å²) in [7, 11) is 2.11. The maximum atomic E-state index is 9.36. The average molecular weight is 309 g/mol. The number of hydrogen-bond donors (Lipinski definition) is 0. The molecule has 0 aliphatic heterocycles. The van der Waals surface area contributed by atoms with Gasteiger partial charge in [-0.05, 0) is 56.2 Å². The van der Waals surface area contributed by atoms with Crippen LogP contribution in [0.4, 0.5) is 0 Å². The number of nitriles is 1. The van der Waals surface area contributed by atoms with Gasteiger partial charge in [-0.3, -0.25) is 0 Å². The number of aromatic nitrogens is 2. The molecule has 0 saturated heterocycles. The van der Waals surface area contributed by atoms with E-state index < -0.39 is 5.41 Å². The molecular formula is C20H27N3. The Kier molecular flexibility index (Phi) is 4.19. The maximum absolute atomic E-state index is 9.36. The summed E-state index contributed by atoms with van der Waals surface area (Å²) in [5.74, 6) is 2.81. The normalized spacial score (nSPS) is 22.2. The van der Waals surface area contributed by atoms with Crippen molar-refractivity contribution in [3.8, 4) is 6.07 Å². The molecule has 1 aromatic heterocycles. The summed E-state index contributed by atoms with van der Waals surface area (Å²) < 4.78 is 2.23. The van der Waals surface area contributed by atoms with Crippen molar-refractivity contribution in [3.63, 3.8) is 0 Å². The molecule has 1 fully saturated rings. The lowest BCUT2D eigenvalue weighted by Crippen LogP contribution is -2.17. The van der Waals surface area contributed by atoms with E-state index in [1.807, 2.05) is 19.9 Å². The summed E-state index contributed by atoms with van der Waals surface area (Å²) in [6, 6.07) is 8.64. The molecule has 1 aromatic carbocycles. The van der Waals surface area contributed by atoms with E-state index >= 15 is 0 Å². The largest absolute Gasteiger partial charge is 0.331 e. The van der Waals surface area contributed by atoms with Crippen molar-refractivity contribution in [3.05, 3.63) is 29.6 Å². The zero-order valence-corrected chi connectivity index (χ0v) is 14.8. The molecule has 1 aliphatic carbocycles. The van der Waals surface area contributed by atoms with Crippen molar-refractivity contribution >= 4 is 11.0 Å². The predicted molar refractivity (Wildman–Crippen MR) is 94.2 cm³/mol. The molecule has 3 heteroatoms. The van der Waals surface area contributed by atoms with Crippen molar-refractivity contribution < 1.29 is 0 Å². The van der Waals surface area contributed by atoms with Crippen LogP contribution in [0.3, 0.4) is 0 Å². The van der Waals surface area contributed by atoms with Crippen LogP contribution in [0.1, 0.15) is 57.8 Å². The molecule has 2 unspecified atom stereocenters. The monoisotopic (exact) mass is 309 g/mol. The number of aryl methyl sites for hydroxylation is 1. The Morgan fingerprint density at radius 1 is 1.35 bits per heavy atom. The molecule has 3 rings (SSSR count). The van der Waals surface area contributed by atoms with Crippen LogP contribution in [-0.4, -0.2) is 9.55 Å². The van der Waals surface area contributed by atoms with E-state index in [9.17, 15) is 5.26 Å². The van der Waals surface area contributed by atoms with Crippen LogP contribution in [0.25, 0.3) is 11.0 Å². The first-order valence-electron chi connectivity index (χ1n) is 8.78. The molecule has 1 heterocycles. The van der Waals surface area contributed by atoms with Gasteiger partial charge in [-0.15, -0.1) is 0 Å². The van der Waals surface area contributed by atoms with Crippen molar-refractivity contribution in [1.82, 2.24) is 9.55 Å². The SMILES string of the molecule is CC1CCCC(Cc2nc3ccc(C(C)(C)C#N)cc3n2C)C1. The molecule has 2 aromatic rings.